The Hall–Kier alpha value is -2.54. The molecule has 5 N–H and O–H groups in total. The average molecular weight is 350 g/mol. The number of phenolic OH excluding ortho intramolecular Hbond substituents is 1. The molecule has 0 bridgehead atoms. The predicted octanol–water partition coefficient (Wildman–Crippen LogP) is 2.50. The molecule has 0 saturated heterocycles. The number of oxime groups is 1. The van der Waals surface area contributed by atoms with Gasteiger partial charge in [0.25, 0.3) is 5.91 Å². The summed E-state index contributed by atoms with van der Waals surface area (Å²) >= 11 is 3.21. The number of amidine groups is 1. The zero-order valence-electron chi connectivity index (χ0n) is 10.7. The minimum Gasteiger partial charge on any atom is -0.507 e. The van der Waals surface area contributed by atoms with Crippen molar-refractivity contribution in [1.82, 2.24) is 0 Å². The monoisotopic (exact) mass is 349 g/mol. The van der Waals surface area contributed by atoms with Gasteiger partial charge in [0.1, 0.15) is 5.75 Å². The summed E-state index contributed by atoms with van der Waals surface area (Å²) in [6.45, 7) is 0. The van der Waals surface area contributed by atoms with E-state index in [1.54, 1.807) is 30.3 Å². The molecule has 0 fully saturated rings. The first kappa shape index (κ1) is 14.9. The van der Waals surface area contributed by atoms with E-state index in [9.17, 15) is 9.90 Å². The number of phenols is 1. The number of hydrogen-bond donors (Lipinski definition) is 4. The van der Waals surface area contributed by atoms with Gasteiger partial charge in [0.2, 0.25) is 0 Å². The number of anilines is 1. The molecule has 0 radical (unpaired) electrons. The Morgan fingerprint density at radius 3 is 2.43 bits per heavy atom. The molecular formula is C14H12BrN3O3. The average Bonchev–Trinajstić information content (AvgIpc) is 2.47. The van der Waals surface area contributed by atoms with Crippen molar-refractivity contribution in [2.24, 2.45) is 10.9 Å². The van der Waals surface area contributed by atoms with E-state index in [0.29, 0.717) is 15.7 Å². The van der Waals surface area contributed by atoms with Crippen molar-refractivity contribution in [2.45, 2.75) is 0 Å². The highest BCUT2D eigenvalue weighted by molar-refractivity contribution is 9.10. The van der Waals surface area contributed by atoms with Crippen molar-refractivity contribution < 1.29 is 15.1 Å². The number of carbonyl (C=O) groups is 1. The van der Waals surface area contributed by atoms with Gasteiger partial charge in [0.05, 0.1) is 5.56 Å². The molecule has 6 nitrogen and oxygen atoms in total. The van der Waals surface area contributed by atoms with Gasteiger partial charge < -0.3 is 21.4 Å². The van der Waals surface area contributed by atoms with Gasteiger partial charge in [-0.1, -0.05) is 21.1 Å². The molecule has 2 aromatic carbocycles. The van der Waals surface area contributed by atoms with Crippen LogP contribution in [-0.4, -0.2) is 22.1 Å². The number of halogens is 1. The van der Waals surface area contributed by atoms with Crippen molar-refractivity contribution in [1.29, 1.82) is 0 Å². The molecule has 1 amide bonds. The Labute approximate surface area is 129 Å². The molecule has 0 spiro atoms. The third-order valence-electron chi connectivity index (χ3n) is 2.75. The van der Waals surface area contributed by atoms with Crippen LogP contribution in [0.2, 0.25) is 0 Å². The molecule has 0 aliphatic heterocycles. The van der Waals surface area contributed by atoms with E-state index in [-0.39, 0.29) is 17.1 Å². The second kappa shape index (κ2) is 6.27. The molecule has 2 rings (SSSR count). The maximum Gasteiger partial charge on any atom is 0.259 e. The maximum absolute atomic E-state index is 12.0. The van der Waals surface area contributed by atoms with Gasteiger partial charge in [-0.15, -0.1) is 0 Å². The van der Waals surface area contributed by atoms with Crippen LogP contribution in [0.15, 0.2) is 52.1 Å². The van der Waals surface area contributed by atoms with Gasteiger partial charge in [-0.3, -0.25) is 4.79 Å². The van der Waals surface area contributed by atoms with Crippen molar-refractivity contribution >= 4 is 33.4 Å². The van der Waals surface area contributed by atoms with E-state index in [1.165, 1.54) is 12.1 Å². The lowest BCUT2D eigenvalue weighted by Crippen LogP contribution is -2.14. The van der Waals surface area contributed by atoms with E-state index in [0.717, 1.165) is 0 Å². The quantitative estimate of drug-likeness (QED) is 0.295. The van der Waals surface area contributed by atoms with Crippen LogP contribution in [0.1, 0.15) is 15.9 Å². The SMILES string of the molecule is NC(=NO)c1ccc(NC(=O)c2ccc(Br)cc2O)cc1. The second-order valence-electron chi connectivity index (χ2n) is 4.18. The Morgan fingerprint density at radius 2 is 1.86 bits per heavy atom. The summed E-state index contributed by atoms with van der Waals surface area (Å²) in [6, 6.07) is 11.0. The molecule has 0 aromatic heterocycles. The fourth-order valence-electron chi connectivity index (χ4n) is 1.68. The number of amides is 1. The fourth-order valence-corrected chi connectivity index (χ4v) is 2.03. The Balaban J connectivity index is 2.16. The molecule has 108 valence electrons. The first-order chi connectivity index (χ1) is 10.0. The molecule has 21 heavy (non-hydrogen) atoms. The van der Waals surface area contributed by atoms with Crippen LogP contribution in [0.25, 0.3) is 0 Å². The van der Waals surface area contributed by atoms with Crippen LogP contribution < -0.4 is 11.1 Å². The third-order valence-corrected chi connectivity index (χ3v) is 3.24. The van der Waals surface area contributed by atoms with Crippen LogP contribution >= 0.6 is 15.9 Å². The molecule has 0 saturated carbocycles. The zero-order valence-corrected chi connectivity index (χ0v) is 12.3. The molecule has 2 aromatic rings. The number of carbonyl (C=O) groups excluding carboxylic acids is 1. The van der Waals surface area contributed by atoms with Crippen molar-refractivity contribution in [2.75, 3.05) is 5.32 Å². The van der Waals surface area contributed by atoms with E-state index in [4.69, 9.17) is 10.9 Å². The largest absolute Gasteiger partial charge is 0.507 e. The van der Waals surface area contributed by atoms with Crippen molar-refractivity contribution in [3.05, 3.63) is 58.1 Å². The minimum absolute atomic E-state index is 0.0153. The first-order valence-electron chi connectivity index (χ1n) is 5.89. The molecule has 0 atom stereocenters. The van der Waals surface area contributed by atoms with Crippen molar-refractivity contribution in [3.8, 4) is 5.75 Å². The summed E-state index contributed by atoms with van der Waals surface area (Å²) in [6.07, 6.45) is 0. The molecule has 7 heteroatoms. The van der Waals surface area contributed by atoms with E-state index in [1.807, 2.05) is 0 Å². The second-order valence-corrected chi connectivity index (χ2v) is 5.09. The van der Waals surface area contributed by atoms with Crippen LogP contribution in [0.4, 0.5) is 5.69 Å². The topological polar surface area (TPSA) is 108 Å². The standard InChI is InChI=1S/C14H12BrN3O3/c15-9-3-6-11(12(19)7-9)14(20)17-10-4-1-8(2-5-10)13(16)18-21/h1-7,19,21H,(H2,16,18)(H,17,20). The third kappa shape index (κ3) is 3.51. The van der Waals surface area contributed by atoms with E-state index in [2.05, 4.69) is 26.4 Å². The number of benzene rings is 2. The number of nitrogens with one attached hydrogen (secondary N) is 1. The minimum atomic E-state index is -0.434. The van der Waals surface area contributed by atoms with Gasteiger partial charge in [-0.2, -0.15) is 0 Å². The Morgan fingerprint density at radius 1 is 1.19 bits per heavy atom. The number of aromatic hydroxyl groups is 1. The highest BCUT2D eigenvalue weighted by atomic mass is 79.9. The molecule has 0 unspecified atom stereocenters. The van der Waals surface area contributed by atoms with Crippen LogP contribution in [0.5, 0.6) is 5.75 Å². The number of nitrogens with two attached hydrogens (primary N) is 1. The lowest BCUT2D eigenvalue weighted by molar-refractivity contribution is 0.102. The summed E-state index contributed by atoms with van der Waals surface area (Å²) in [5.74, 6) is -0.565. The smallest absolute Gasteiger partial charge is 0.259 e. The number of hydrogen-bond acceptors (Lipinski definition) is 4. The van der Waals surface area contributed by atoms with Crippen LogP contribution in [0.3, 0.4) is 0 Å². The fraction of sp³-hybridized carbons (Fsp3) is 0. The van der Waals surface area contributed by atoms with Gasteiger partial charge in [0, 0.05) is 15.7 Å². The summed E-state index contributed by atoms with van der Waals surface area (Å²) in [5, 5.41) is 23.8. The Bertz CT molecular complexity index is 699. The first-order valence-corrected chi connectivity index (χ1v) is 6.68. The molecule has 0 heterocycles. The number of nitrogens with zero attached hydrogens (tertiary/aromatic N) is 1. The van der Waals surface area contributed by atoms with Gasteiger partial charge in [-0.25, -0.2) is 0 Å². The normalized spacial score (nSPS) is 11.2. The van der Waals surface area contributed by atoms with E-state index >= 15 is 0 Å². The lowest BCUT2D eigenvalue weighted by Gasteiger charge is -2.08. The van der Waals surface area contributed by atoms with Crippen LogP contribution in [0, 0.1) is 0 Å². The van der Waals surface area contributed by atoms with Crippen molar-refractivity contribution in [3.63, 3.8) is 0 Å². The van der Waals surface area contributed by atoms with Gasteiger partial charge >= 0.3 is 0 Å². The van der Waals surface area contributed by atoms with Gasteiger partial charge in [-0.05, 0) is 42.5 Å². The predicted molar refractivity (Wildman–Crippen MR) is 82.7 cm³/mol. The van der Waals surface area contributed by atoms with Gasteiger partial charge in [0.15, 0.2) is 5.84 Å². The highest BCUT2D eigenvalue weighted by Gasteiger charge is 2.11. The summed E-state index contributed by atoms with van der Waals surface area (Å²) < 4.78 is 0.680. The zero-order chi connectivity index (χ0) is 15.4. The summed E-state index contributed by atoms with van der Waals surface area (Å²) in [4.78, 5) is 12.0. The van der Waals surface area contributed by atoms with E-state index < -0.39 is 5.91 Å². The molecular weight excluding hydrogens is 338 g/mol. The summed E-state index contributed by atoms with van der Waals surface area (Å²) in [5.41, 5.74) is 6.67. The molecule has 0 aliphatic rings. The maximum atomic E-state index is 12.0. The highest BCUT2D eigenvalue weighted by Crippen LogP contribution is 2.23. The molecule has 0 aliphatic carbocycles. The lowest BCUT2D eigenvalue weighted by atomic mass is 10.1. The number of rotatable bonds is 3. The Kier molecular flexibility index (Phi) is 4.44. The summed E-state index contributed by atoms with van der Waals surface area (Å²) in [7, 11) is 0. The van der Waals surface area contributed by atoms with Crippen LogP contribution in [-0.2, 0) is 0 Å².